The number of aromatic nitrogens is 2. The van der Waals surface area contributed by atoms with Gasteiger partial charge in [-0.25, -0.2) is 18.7 Å². The SMILES string of the molecule is O=C(Nc1cnc(N2CCOCC2)nc1)c1cc(F)ccc1F. The molecule has 1 N–H and O–H groups in total. The molecule has 0 radical (unpaired) electrons. The van der Waals surface area contributed by atoms with E-state index in [1.165, 1.54) is 12.4 Å². The van der Waals surface area contributed by atoms with Crippen LogP contribution in [-0.2, 0) is 4.74 Å². The van der Waals surface area contributed by atoms with Crippen LogP contribution in [0.4, 0.5) is 20.4 Å². The molecule has 23 heavy (non-hydrogen) atoms. The molecule has 6 nitrogen and oxygen atoms in total. The first kappa shape index (κ1) is 15.3. The van der Waals surface area contributed by atoms with Gasteiger partial charge in [-0.3, -0.25) is 4.79 Å². The van der Waals surface area contributed by atoms with Crippen LogP contribution >= 0.6 is 0 Å². The first-order valence-corrected chi connectivity index (χ1v) is 7.04. The standard InChI is InChI=1S/C15H14F2N4O2/c16-10-1-2-13(17)12(7-10)14(22)20-11-8-18-15(19-9-11)21-3-5-23-6-4-21/h1-2,7-9H,3-6H2,(H,20,22). The molecule has 0 saturated carbocycles. The van der Waals surface area contributed by atoms with E-state index in [1.54, 1.807) is 0 Å². The third kappa shape index (κ3) is 3.59. The summed E-state index contributed by atoms with van der Waals surface area (Å²) in [5, 5.41) is 2.44. The van der Waals surface area contributed by atoms with Crippen LogP contribution in [0.5, 0.6) is 0 Å². The smallest absolute Gasteiger partial charge is 0.258 e. The lowest BCUT2D eigenvalue weighted by Crippen LogP contribution is -2.37. The van der Waals surface area contributed by atoms with Gasteiger partial charge in [0.25, 0.3) is 5.91 Å². The number of anilines is 2. The molecule has 1 aromatic carbocycles. The summed E-state index contributed by atoms with van der Waals surface area (Å²) in [5.74, 6) is -1.71. The Balaban J connectivity index is 1.70. The van der Waals surface area contributed by atoms with Crippen molar-refractivity contribution in [1.82, 2.24) is 9.97 Å². The van der Waals surface area contributed by atoms with Crippen LogP contribution in [0.1, 0.15) is 10.4 Å². The molecular formula is C15H14F2N4O2. The van der Waals surface area contributed by atoms with Crippen LogP contribution in [0.25, 0.3) is 0 Å². The zero-order valence-corrected chi connectivity index (χ0v) is 12.1. The van der Waals surface area contributed by atoms with Gasteiger partial charge in [-0.05, 0) is 18.2 Å². The molecule has 0 atom stereocenters. The van der Waals surface area contributed by atoms with Gasteiger partial charge >= 0.3 is 0 Å². The van der Waals surface area contributed by atoms with Crippen LogP contribution in [0.3, 0.4) is 0 Å². The summed E-state index contributed by atoms with van der Waals surface area (Å²) in [6, 6.07) is 2.70. The summed E-state index contributed by atoms with van der Waals surface area (Å²) in [7, 11) is 0. The molecule has 120 valence electrons. The van der Waals surface area contributed by atoms with Crippen molar-refractivity contribution in [2.45, 2.75) is 0 Å². The molecule has 0 spiro atoms. The Morgan fingerprint density at radius 2 is 1.87 bits per heavy atom. The lowest BCUT2D eigenvalue weighted by atomic mass is 10.2. The fraction of sp³-hybridized carbons (Fsp3) is 0.267. The van der Waals surface area contributed by atoms with Gasteiger partial charge in [0.1, 0.15) is 11.6 Å². The first-order chi connectivity index (χ1) is 11.1. The van der Waals surface area contributed by atoms with Crippen LogP contribution in [0.2, 0.25) is 0 Å². The maximum Gasteiger partial charge on any atom is 0.258 e. The highest BCUT2D eigenvalue weighted by atomic mass is 19.1. The fourth-order valence-electron chi connectivity index (χ4n) is 2.18. The van der Waals surface area contributed by atoms with E-state index in [0.717, 1.165) is 18.2 Å². The van der Waals surface area contributed by atoms with Gasteiger partial charge in [0.15, 0.2) is 0 Å². The number of ether oxygens (including phenoxy) is 1. The second-order valence-corrected chi connectivity index (χ2v) is 4.95. The molecule has 3 rings (SSSR count). The maximum absolute atomic E-state index is 13.6. The topological polar surface area (TPSA) is 67.4 Å². The quantitative estimate of drug-likeness (QED) is 0.935. The van der Waals surface area contributed by atoms with Gasteiger partial charge in [0.2, 0.25) is 5.95 Å². The zero-order valence-electron chi connectivity index (χ0n) is 12.1. The number of carbonyl (C=O) groups is 1. The average molecular weight is 320 g/mol. The van der Waals surface area contributed by atoms with Crippen molar-refractivity contribution in [3.05, 3.63) is 47.8 Å². The number of morpholine rings is 1. The van der Waals surface area contributed by atoms with E-state index in [0.29, 0.717) is 37.9 Å². The van der Waals surface area contributed by atoms with E-state index in [9.17, 15) is 13.6 Å². The normalized spacial score (nSPS) is 14.6. The third-order valence-corrected chi connectivity index (χ3v) is 3.36. The van der Waals surface area contributed by atoms with Crippen molar-refractivity contribution < 1.29 is 18.3 Å². The van der Waals surface area contributed by atoms with Gasteiger partial charge in [-0.15, -0.1) is 0 Å². The molecule has 1 fully saturated rings. The van der Waals surface area contributed by atoms with Crippen LogP contribution in [0, 0.1) is 11.6 Å². The number of rotatable bonds is 3. The van der Waals surface area contributed by atoms with Crippen molar-refractivity contribution >= 4 is 17.5 Å². The summed E-state index contributed by atoms with van der Waals surface area (Å²) < 4.78 is 31.9. The minimum Gasteiger partial charge on any atom is -0.378 e. The average Bonchev–Trinajstić information content (AvgIpc) is 2.58. The van der Waals surface area contributed by atoms with E-state index in [-0.39, 0.29) is 5.56 Å². The molecule has 2 aromatic rings. The van der Waals surface area contributed by atoms with E-state index >= 15 is 0 Å². The minimum absolute atomic E-state index is 0.302. The van der Waals surface area contributed by atoms with Crippen molar-refractivity contribution in [2.75, 3.05) is 36.5 Å². The third-order valence-electron chi connectivity index (χ3n) is 3.36. The summed E-state index contributed by atoms with van der Waals surface area (Å²) in [6.07, 6.45) is 2.85. The Labute approximate surface area is 131 Å². The van der Waals surface area contributed by atoms with Crippen molar-refractivity contribution in [2.24, 2.45) is 0 Å². The highest BCUT2D eigenvalue weighted by Crippen LogP contribution is 2.15. The molecule has 0 bridgehead atoms. The molecule has 1 aromatic heterocycles. The highest BCUT2D eigenvalue weighted by Gasteiger charge is 2.15. The van der Waals surface area contributed by atoms with E-state index in [4.69, 9.17) is 4.74 Å². The van der Waals surface area contributed by atoms with Gasteiger partial charge in [0.05, 0.1) is 36.9 Å². The molecule has 1 amide bonds. The molecule has 8 heteroatoms. The summed E-state index contributed by atoms with van der Waals surface area (Å²) in [4.78, 5) is 22.3. The summed E-state index contributed by atoms with van der Waals surface area (Å²) in [5.41, 5.74) is -0.0714. The number of halogens is 2. The van der Waals surface area contributed by atoms with Crippen LogP contribution in [-0.4, -0.2) is 42.2 Å². The molecule has 0 unspecified atom stereocenters. The Bertz CT molecular complexity index is 703. The Morgan fingerprint density at radius 1 is 1.17 bits per heavy atom. The number of benzene rings is 1. The van der Waals surface area contributed by atoms with Gasteiger partial charge in [-0.1, -0.05) is 0 Å². The largest absolute Gasteiger partial charge is 0.378 e. The van der Waals surface area contributed by atoms with E-state index in [2.05, 4.69) is 15.3 Å². The minimum atomic E-state index is -0.797. The number of amides is 1. The summed E-state index contributed by atoms with van der Waals surface area (Å²) in [6.45, 7) is 2.61. The molecule has 1 saturated heterocycles. The van der Waals surface area contributed by atoms with Gasteiger partial charge < -0.3 is 15.0 Å². The molecule has 2 heterocycles. The Kier molecular flexibility index (Phi) is 4.42. The Morgan fingerprint density at radius 3 is 2.57 bits per heavy atom. The lowest BCUT2D eigenvalue weighted by molar-refractivity contribution is 0.102. The lowest BCUT2D eigenvalue weighted by Gasteiger charge is -2.26. The second-order valence-electron chi connectivity index (χ2n) is 4.95. The zero-order chi connectivity index (χ0) is 16.2. The van der Waals surface area contributed by atoms with Crippen molar-refractivity contribution in [3.8, 4) is 0 Å². The van der Waals surface area contributed by atoms with Gasteiger partial charge in [0, 0.05) is 13.1 Å². The van der Waals surface area contributed by atoms with Crippen molar-refractivity contribution in [3.63, 3.8) is 0 Å². The Hall–Kier alpha value is -2.61. The predicted octanol–water partition coefficient (Wildman–Crippen LogP) is 1.84. The van der Waals surface area contributed by atoms with Gasteiger partial charge in [-0.2, -0.15) is 0 Å². The molecule has 1 aliphatic heterocycles. The summed E-state index contributed by atoms with van der Waals surface area (Å²) >= 11 is 0. The van der Waals surface area contributed by atoms with Crippen LogP contribution < -0.4 is 10.2 Å². The monoisotopic (exact) mass is 320 g/mol. The second kappa shape index (κ2) is 6.66. The number of hydrogen-bond donors (Lipinski definition) is 1. The number of hydrogen-bond acceptors (Lipinski definition) is 5. The van der Waals surface area contributed by atoms with Crippen molar-refractivity contribution in [1.29, 1.82) is 0 Å². The number of nitrogens with zero attached hydrogens (tertiary/aromatic N) is 3. The highest BCUT2D eigenvalue weighted by molar-refractivity contribution is 6.04. The maximum atomic E-state index is 13.6. The van der Waals surface area contributed by atoms with E-state index < -0.39 is 17.5 Å². The molecule has 0 aliphatic carbocycles. The predicted molar refractivity (Wildman–Crippen MR) is 79.4 cm³/mol. The molecule has 1 aliphatic rings. The van der Waals surface area contributed by atoms with Crippen LogP contribution in [0.15, 0.2) is 30.6 Å². The van der Waals surface area contributed by atoms with E-state index in [1.807, 2.05) is 4.90 Å². The molecular weight excluding hydrogens is 306 g/mol. The number of nitrogens with one attached hydrogen (secondary N) is 1. The fourth-order valence-corrected chi connectivity index (χ4v) is 2.18. The first-order valence-electron chi connectivity index (χ1n) is 7.04. The number of carbonyl (C=O) groups excluding carboxylic acids is 1.